The largest absolute Gasteiger partial charge is 0.302 e. The van der Waals surface area contributed by atoms with E-state index in [4.69, 9.17) is 0 Å². The van der Waals surface area contributed by atoms with Crippen LogP contribution in [0.2, 0.25) is 0 Å². The highest BCUT2D eigenvalue weighted by atomic mass is 15.2. The quantitative estimate of drug-likeness (QED) is 0.805. The first-order chi connectivity index (χ1) is 10.5. The van der Waals surface area contributed by atoms with Crippen molar-refractivity contribution in [2.75, 3.05) is 19.6 Å². The number of likely N-dealkylation sites (tertiary alicyclic amines) is 1. The second kappa shape index (κ2) is 4.95. The summed E-state index contributed by atoms with van der Waals surface area (Å²) in [5.74, 6) is 0. The van der Waals surface area contributed by atoms with E-state index in [-0.39, 0.29) is 5.41 Å². The van der Waals surface area contributed by atoms with Crippen molar-refractivity contribution in [2.24, 2.45) is 0 Å². The topological polar surface area (TPSA) is 20.5 Å². The van der Waals surface area contributed by atoms with Gasteiger partial charge in [0, 0.05) is 31.2 Å². The summed E-state index contributed by atoms with van der Waals surface area (Å²) in [5.41, 5.74) is 7.46. The van der Waals surface area contributed by atoms with Gasteiger partial charge in [0.1, 0.15) is 0 Å². The molecule has 0 N–H and O–H groups in total. The molecule has 1 aliphatic carbocycles. The van der Waals surface area contributed by atoms with Crippen LogP contribution in [0.1, 0.15) is 44.2 Å². The number of rotatable bonds is 3. The standard InChI is InChI=1S/C19H25N3/c1-14-11-20-22-12-17(4-5-18(14)22)19(2,3)13-21-8-6-15-10-16(15)7-9-21/h4-5,11-12H,6-10,13H2,1-3H3. The number of aryl methyl sites for hydroxylation is 1. The van der Waals surface area contributed by atoms with Gasteiger partial charge >= 0.3 is 0 Å². The van der Waals surface area contributed by atoms with Gasteiger partial charge in [0.25, 0.3) is 0 Å². The average molecular weight is 295 g/mol. The highest BCUT2D eigenvalue weighted by Crippen LogP contribution is 2.39. The second-order valence-electron chi connectivity index (χ2n) is 7.62. The van der Waals surface area contributed by atoms with Gasteiger partial charge in [-0.2, -0.15) is 5.10 Å². The lowest BCUT2D eigenvalue weighted by atomic mass is 9.85. The number of fused-ring (bicyclic) bond motifs is 1. The molecule has 0 atom stereocenters. The molecule has 3 heterocycles. The average Bonchev–Trinajstić information content (AvgIpc) is 3.18. The van der Waals surface area contributed by atoms with Crippen molar-refractivity contribution in [2.45, 2.75) is 45.4 Å². The van der Waals surface area contributed by atoms with Crippen molar-refractivity contribution in [1.29, 1.82) is 0 Å². The van der Waals surface area contributed by atoms with Crippen LogP contribution in [-0.2, 0) is 5.41 Å². The molecule has 0 bridgehead atoms. The lowest BCUT2D eigenvalue weighted by Crippen LogP contribution is -2.38. The van der Waals surface area contributed by atoms with E-state index < -0.39 is 0 Å². The molecule has 4 rings (SSSR count). The molecular weight excluding hydrogens is 270 g/mol. The Bertz CT molecular complexity index is 735. The van der Waals surface area contributed by atoms with E-state index >= 15 is 0 Å². The third kappa shape index (κ3) is 2.48. The number of nitrogens with zero attached hydrogens (tertiary/aromatic N) is 3. The van der Waals surface area contributed by atoms with Crippen molar-refractivity contribution >= 4 is 5.52 Å². The lowest BCUT2D eigenvalue weighted by Gasteiger charge is -2.33. The van der Waals surface area contributed by atoms with Crippen molar-refractivity contribution < 1.29 is 0 Å². The first-order valence-corrected chi connectivity index (χ1v) is 8.39. The Labute approximate surface area is 132 Å². The SMILES string of the molecule is Cc1cnn2cc(C(C)(C)CN3CCC4=C(CC3)C4)ccc12. The van der Waals surface area contributed by atoms with Gasteiger partial charge in [0.15, 0.2) is 0 Å². The van der Waals surface area contributed by atoms with Gasteiger partial charge in [0.2, 0.25) is 0 Å². The summed E-state index contributed by atoms with van der Waals surface area (Å²) >= 11 is 0. The summed E-state index contributed by atoms with van der Waals surface area (Å²) in [5, 5.41) is 4.47. The molecule has 0 fully saturated rings. The van der Waals surface area contributed by atoms with Crippen LogP contribution in [0.4, 0.5) is 0 Å². The molecule has 2 aromatic heterocycles. The van der Waals surface area contributed by atoms with E-state index in [1.54, 1.807) is 11.1 Å². The van der Waals surface area contributed by atoms with Crippen molar-refractivity contribution in [3.63, 3.8) is 0 Å². The van der Waals surface area contributed by atoms with Crippen LogP contribution in [0.3, 0.4) is 0 Å². The van der Waals surface area contributed by atoms with Crippen LogP contribution < -0.4 is 0 Å². The number of aromatic nitrogens is 2. The summed E-state index contributed by atoms with van der Waals surface area (Å²) in [4.78, 5) is 2.64. The number of hydrogen-bond donors (Lipinski definition) is 0. The number of hydrogen-bond acceptors (Lipinski definition) is 2. The summed E-state index contributed by atoms with van der Waals surface area (Å²) in [6.45, 7) is 10.4. The summed E-state index contributed by atoms with van der Waals surface area (Å²) in [6, 6.07) is 4.49. The smallest absolute Gasteiger partial charge is 0.0690 e. The third-order valence-electron chi connectivity index (χ3n) is 5.37. The Morgan fingerprint density at radius 2 is 1.86 bits per heavy atom. The molecule has 2 aromatic rings. The van der Waals surface area contributed by atoms with Crippen LogP contribution in [0.5, 0.6) is 0 Å². The summed E-state index contributed by atoms with van der Waals surface area (Å²) < 4.78 is 2.02. The maximum atomic E-state index is 4.47. The predicted octanol–water partition coefficient (Wildman–Crippen LogP) is 3.72. The number of pyridine rings is 1. The van der Waals surface area contributed by atoms with Gasteiger partial charge in [-0.15, -0.1) is 0 Å². The molecule has 0 aromatic carbocycles. The third-order valence-corrected chi connectivity index (χ3v) is 5.37. The van der Waals surface area contributed by atoms with Gasteiger partial charge in [-0.25, -0.2) is 4.52 Å². The maximum absolute atomic E-state index is 4.47. The molecular formula is C19H25N3. The molecule has 3 nitrogen and oxygen atoms in total. The fraction of sp³-hybridized carbons (Fsp3) is 0.526. The predicted molar refractivity (Wildman–Crippen MR) is 90.3 cm³/mol. The minimum atomic E-state index is 0.151. The van der Waals surface area contributed by atoms with Gasteiger partial charge in [-0.1, -0.05) is 31.1 Å². The molecule has 22 heavy (non-hydrogen) atoms. The molecule has 0 saturated heterocycles. The zero-order valence-corrected chi connectivity index (χ0v) is 13.9. The monoisotopic (exact) mass is 295 g/mol. The second-order valence-corrected chi connectivity index (χ2v) is 7.62. The lowest BCUT2D eigenvalue weighted by molar-refractivity contribution is 0.230. The minimum Gasteiger partial charge on any atom is -0.302 e. The minimum absolute atomic E-state index is 0.151. The fourth-order valence-corrected chi connectivity index (χ4v) is 3.76. The molecule has 0 spiro atoms. The first-order valence-electron chi connectivity index (χ1n) is 8.39. The van der Waals surface area contributed by atoms with E-state index in [1.807, 2.05) is 10.7 Å². The van der Waals surface area contributed by atoms with Crippen LogP contribution in [-0.4, -0.2) is 34.1 Å². The van der Waals surface area contributed by atoms with E-state index in [2.05, 4.69) is 49.1 Å². The molecule has 0 unspecified atom stereocenters. The molecule has 0 radical (unpaired) electrons. The van der Waals surface area contributed by atoms with E-state index in [9.17, 15) is 0 Å². The molecule has 1 aliphatic heterocycles. The van der Waals surface area contributed by atoms with Crippen molar-refractivity contribution in [1.82, 2.24) is 14.5 Å². The Morgan fingerprint density at radius 1 is 1.14 bits per heavy atom. The molecule has 2 aliphatic rings. The summed E-state index contributed by atoms with van der Waals surface area (Å²) in [6.07, 6.45) is 8.08. The highest BCUT2D eigenvalue weighted by Gasteiger charge is 2.29. The van der Waals surface area contributed by atoms with Crippen LogP contribution >= 0.6 is 0 Å². The van der Waals surface area contributed by atoms with Crippen LogP contribution in [0, 0.1) is 6.92 Å². The molecule has 0 amide bonds. The van der Waals surface area contributed by atoms with E-state index in [1.165, 1.54) is 49.0 Å². The Morgan fingerprint density at radius 3 is 2.59 bits per heavy atom. The fourth-order valence-electron chi connectivity index (χ4n) is 3.76. The summed E-state index contributed by atoms with van der Waals surface area (Å²) in [7, 11) is 0. The van der Waals surface area contributed by atoms with Crippen LogP contribution in [0.25, 0.3) is 5.52 Å². The van der Waals surface area contributed by atoms with E-state index in [0.29, 0.717) is 0 Å². The Kier molecular flexibility index (Phi) is 3.15. The van der Waals surface area contributed by atoms with Gasteiger partial charge < -0.3 is 4.90 Å². The highest BCUT2D eigenvalue weighted by molar-refractivity contribution is 5.53. The zero-order chi connectivity index (χ0) is 15.3. The van der Waals surface area contributed by atoms with E-state index in [0.717, 1.165) is 6.54 Å². The normalized spacial score (nSPS) is 19.4. The Balaban J connectivity index is 1.53. The van der Waals surface area contributed by atoms with Gasteiger partial charge in [-0.3, -0.25) is 0 Å². The van der Waals surface area contributed by atoms with Gasteiger partial charge in [-0.05, 0) is 43.4 Å². The molecule has 3 heteroatoms. The van der Waals surface area contributed by atoms with Crippen LogP contribution in [0.15, 0.2) is 35.7 Å². The van der Waals surface area contributed by atoms with Crippen molar-refractivity contribution in [3.05, 3.63) is 46.8 Å². The Hall–Kier alpha value is -1.61. The maximum Gasteiger partial charge on any atom is 0.0690 e. The van der Waals surface area contributed by atoms with Crippen molar-refractivity contribution in [3.8, 4) is 0 Å². The first kappa shape index (κ1) is 14.0. The molecule has 0 saturated carbocycles. The molecule has 116 valence electrons. The zero-order valence-electron chi connectivity index (χ0n) is 13.9. The van der Waals surface area contributed by atoms with Gasteiger partial charge in [0.05, 0.1) is 11.7 Å².